The van der Waals surface area contributed by atoms with E-state index in [1.807, 2.05) is 12.1 Å². The van der Waals surface area contributed by atoms with Crippen LogP contribution in [0.15, 0.2) is 12.1 Å². The van der Waals surface area contributed by atoms with Crippen molar-refractivity contribution >= 4 is 11.9 Å². The maximum atomic E-state index is 12.1. The Hall–Kier alpha value is -1.92. The van der Waals surface area contributed by atoms with Gasteiger partial charge in [0.05, 0.1) is 0 Å². The van der Waals surface area contributed by atoms with Crippen LogP contribution < -0.4 is 0 Å². The van der Waals surface area contributed by atoms with E-state index in [0.29, 0.717) is 50.7 Å². The molecule has 2 aliphatic carbocycles. The molecule has 0 heterocycles. The minimum absolute atomic E-state index is 0.317. The predicted molar refractivity (Wildman–Crippen MR) is 113 cm³/mol. The van der Waals surface area contributed by atoms with Crippen molar-refractivity contribution in [2.45, 2.75) is 77.4 Å². The van der Waals surface area contributed by atoms with Gasteiger partial charge in [0, 0.05) is 38.9 Å². The monoisotopic (exact) mass is 418 g/mol. The van der Waals surface area contributed by atoms with Gasteiger partial charge in [-0.05, 0) is 46.9 Å². The molecule has 0 aliphatic heterocycles. The average molecular weight is 419 g/mol. The lowest BCUT2D eigenvalue weighted by Crippen LogP contribution is -2.43. The van der Waals surface area contributed by atoms with E-state index in [0.717, 1.165) is 35.1 Å². The molecule has 6 nitrogen and oxygen atoms in total. The second kappa shape index (κ2) is 8.67. The van der Waals surface area contributed by atoms with E-state index in [9.17, 15) is 19.8 Å². The molecule has 0 saturated carbocycles. The van der Waals surface area contributed by atoms with E-state index in [-0.39, 0.29) is 0 Å². The first kappa shape index (κ1) is 22.8. The molecule has 1 aromatic rings. The van der Waals surface area contributed by atoms with Crippen LogP contribution in [0.1, 0.15) is 62.8 Å². The lowest BCUT2D eigenvalue weighted by molar-refractivity contribution is -0.165. The molecule has 2 aliphatic rings. The number of rotatable bonds is 10. The van der Waals surface area contributed by atoms with Crippen molar-refractivity contribution in [3.8, 4) is 0 Å². The van der Waals surface area contributed by atoms with E-state index in [2.05, 4.69) is 27.7 Å². The third-order valence-electron chi connectivity index (χ3n) is 6.35. The summed E-state index contributed by atoms with van der Waals surface area (Å²) in [5, 5.41) is 19.8. The van der Waals surface area contributed by atoms with Crippen molar-refractivity contribution in [3.63, 3.8) is 0 Å². The molecule has 166 valence electrons. The normalized spacial score (nSPS) is 18.6. The third kappa shape index (κ3) is 4.54. The number of ether oxygens (including phenoxy) is 2. The Labute approximate surface area is 178 Å². The molecule has 30 heavy (non-hydrogen) atoms. The fraction of sp³-hybridized carbons (Fsp3) is 0.667. The van der Waals surface area contributed by atoms with Crippen LogP contribution in [0, 0.1) is 11.8 Å². The van der Waals surface area contributed by atoms with Crippen LogP contribution in [0.5, 0.6) is 0 Å². The van der Waals surface area contributed by atoms with Crippen LogP contribution in [0.4, 0.5) is 0 Å². The van der Waals surface area contributed by atoms with Gasteiger partial charge in [-0.2, -0.15) is 0 Å². The molecule has 0 fully saturated rings. The van der Waals surface area contributed by atoms with Crippen molar-refractivity contribution in [1.29, 1.82) is 0 Å². The second-order valence-electron chi connectivity index (χ2n) is 9.76. The van der Waals surface area contributed by atoms with Gasteiger partial charge in [0.25, 0.3) is 0 Å². The molecule has 0 aromatic heterocycles. The molecule has 6 heteroatoms. The molecular weight excluding hydrogens is 384 g/mol. The van der Waals surface area contributed by atoms with E-state index >= 15 is 0 Å². The summed E-state index contributed by atoms with van der Waals surface area (Å²) >= 11 is 0. The Morgan fingerprint density at radius 2 is 1.07 bits per heavy atom. The number of carbonyl (C=O) groups is 2. The third-order valence-corrected chi connectivity index (χ3v) is 6.35. The Balaban J connectivity index is 1.77. The van der Waals surface area contributed by atoms with Crippen molar-refractivity contribution in [1.82, 2.24) is 0 Å². The van der Waals surface area contributed by atoms with E-state index in [1.165, 1.54) is 0 Å². The summed E-state index contributed by atoms with van der Waals surface area (Å²) < 4.78 is 11.8. The maximum absolute atomic E-state index is 12.1. The van der Waals surface area contributed by atoms with Crippen molar-refractivity contribution in [2.75, 3.05) is 13.2 Å². The lowest BCUT2D eigenvalue weighted by atomic mass is 9.98. The van der Waals surface area contributed by atoms with Crippen molar-refractivity contribution in [3.05, 3.63) is 34.4 Å². The van der Waals surface area contributed by atoms with Gasteiger partial charge in [0.2, 0.25) is 0 Å². The summed E-state index contributed by atoms with van der Waals surface area (Å²) in [6.07, 6.45) is 2.90. The van der Waals surface area contributed by atoms with Crippen LogP contribution in [0.2, 0.25) is 0 Å². The lowest BCUT2D eigenvalue weighted by Gasteiger charge is -2.25. The minimum atomic E-state index is -1.22. The Kier molecular flexibility index (Phi) is 6.58. The quantitative estimate of drug-likeness (QED) is 0.602. The number of carboxylic acids is 2. The number of fused-ring (bicyclic) bond motifs is 2. The predicted octanol–water partition coefficient (Wildman–Crippen LogP) is 3.66. The molecular formula is C24H34O6. The fourth-order valence-corrected chi connectivity index (χ4v) is 4.42. The summed E-state index contributed by atoms with van der Waals surface area (Å²) in [6.45, 7) is 9.18. The topological polar surface area (TPSA) is 93.1 Å². The van der Waals surface area contributed by atoms with Gasteiger partial charge < -0.3 is 19.7 Å². The van der Waals surface area contributed by atoms with Crippen molar-refractivity contribution in [2.24, 2.45) is 11.8 Å². The standard InChI is InChI=1S/C24H34O6/c1-15(2)5-7-29-23(21(25)26)11-17-9-19-13-24(22(27)28,30-8-6-16(3)4)14-20(19)10-18(17)12-23/h9-10,15-16H,5-8,11-14H2,1-4H3,(H,25,26)(H,27,28). The highest BCUT2D eigenvalue weighted by molar-refractivity contribution is 5.82. The number of carboxylic acid groups (broad SMARTS) is 2. The first-order valence-corrected chi connectivity index (χ1v) is 11.0. The molecule has 0 bridgehead atoms. The van der Waals surface area contributed by atoms with Crippen LogP contribution >= 0.6 is 0 Å². The Bertz CT molecular complexity index is 712. The number of benzene rings is 1. The van der Waals surface area contributed by atoms with Crippen molar-refractivity contribution < 1.29 is 29.3 Å². The smallest absolute Gasteiger partial charge is 0.336 e. The Morgan fingerprint density at radius 1 is 0.767 bits per heavy atom. The second-order valence-corrected chi connectivity index (χ2v) is 9.76. The largest absolute Gasteiger partial charge is 0.479 e. The number of hydrogen-bond donors (Lipinski definition) is 2. The molecule has 1 aromatic carbocycles. The summed E-state index contributed by atoms with van der Waals surface area (Å²) in [6, 6.07) is 3.97. The van der Waals surface area contributed by atoms with Crippen LogP contribution in [0.25, 0.3) is 0 Å². The van der Waals surface area contributed by atoms with Gasteiger partial charge in [0.1, 0.15) is 0 Å². The maximum Gasteiger partial charge on any atom is 0.336 e. The van der Waals surface area contributed by atoms with E-state index in [1.54, 1.807) is 0 Å². The summed E-state index contributed by atoms with van der Waals surface area (Å²) in [4.78, 5) is 24.1. The molecule has 2 N–H and O–H groups in total. The molecule has 0 spiro atoms. The minimum Gasteiger partial charge on any atom is -0.479 e. The first-order valence-electron chi connectivity index (χ1n) is 11.0. The summed E-state index contributed by atoms with van der Waals surface area (Å²) in [5.74, 6) is -0.967. The molecule has 0 saturated heterocycles. The molecule has 0 unspecified atom stereocenters. The van der Waals surface area contributed by atoms with Gasteiger partial charge in [-0.25, -0.2) is 9.59 Å². The van der Waals surface area contributed by atoms with Gasteiger partial charge in [0.15, 0.2) is 11.2 Å². The molecule has 0 atom stereocenters. The van der Waals surface area contributed by atoms with E-state index < -0.39 is 23.1 Å². The van der Waals surface area contributed by atoms with Gasteiger partial charge >= 0.3 is 11.9 Å². The SMILES string of the molecule is CC(C)CCOC1(C(=O)O)Cc2cc3c(cc2C1)CC(OCCC(C)C)(C(=O)O)C3. The molecule has 0 radical (unpaired) electrons. The van der Waals surface area contributed by atoms with Crippen LogP contribution in [-0.4, -0.2) is 46.6 Å². The van der Waals surface area contributed by atoms with Gasteiger partial charge in [-0.3, -0.25) is 0 Å². The Morgan fingerprint density at radius 3 is 1.30 bits per heavy atom. The highest BCUT2D eigenvalue weighted by Gasteiger charge is 2.49. The molecule has 0 amide bonds. The van der Waals surface area contributed by atoms with Gasteiger partial charge in [-0.1, -0.05) is 39.8 Å². The first-order chi connectivity index (χ1) is 14.1. The zero-order valence-electron chi connectivity index (χ0n) is 18.5. The summed E-state index contributed by atoms with van der Waals surface area (Å²) in [5.41, 5.74) is 1.36. The zero-order valence-corrected chi connectivity index (χ0v) is 18.5. The number of aliphatic carboxylic acids is 2. The number of hydrogen-bond acceptors (Lipinski definition) is 4. The molecule has 3 rings (SSSR count). The fourth-order valence-electron chi connectivity index (χ4n) is 4.42. The highest BCUT2D eigenvalue weighted by Crippen LogP contribution is 2.40. The highest BCUT2D eigenvalue weighted by atomic mass is 16.5. The van der Waals surface area contributed by atoms with Gasteiger partial charge in [-0.15, -0.1) is 0 Å². The average Bonchev–Trinajstić information content (AvgIpc) is 3.17. The zero-order chi connectivity index (χ0) is 22.1. The summed E-state index contributed by atoms with van der Waals surface area (Å²) in [7, 11) is 0. The van der Waals surface area contributed by atoms with E-state index in [4.69, 9.17) is 9.47 Å². The van der Waals surface area contributed by atoms with Crippen LogP contribution in [0.3, 0.4) is 0 Å². The van der Waals surface area contributed by atoms with Crippen LogP contribution in [-0.2, 0) is 44.7 Å².